The van der Waals surface area contributed by atoms with Gasteiger partial charge in [-0.05, 0) is 25.7 Å². The van der Waals surface area contributed by atoms with Crippen LogP contribution in [0.5, 0.6) is 0 Å². The summed E-state index contributed by atoms with van der Waals surface area (Å²) in [5.41, 5.74) is 5.62. The third kappa shape index (κ3) is 2.79. The normalized spacial score (nSPS) is 28.3. The van der Waals surface area contributed by atoms with E-state index >= 15 is 0 Å². The standard InChI is InChI=1S/C12H18F2N2OS/c13-12(14)5-3-8(4-6-12)11(17)16-7-1-2-9(16)10(15)18/h8-9H,1-7H2,(H2,15,18). The number of likely N-dealkylation sites (tertiary alicyclic amines) is 1. The van der Waals surface area contributed by atoms with Gasteiger partial charge in [0.2, 0.25) is 11.8 Å². The smallest absolute Gasteiger partial charge is 0.248 e. The van der Waals surface area contributed by atoms with Gasteiger partial charge in [-0.3, -0.25) is 4.79 Å². The number of hydrogen-bond donors (Lipinski definition) is 1. The van der Waals surface area contributed by atoms with Crippen molar-refractivity contribution in [1.29, 1.82) is 0 Å². The number of halogens is 2. The number of amides is 1. The predicted octanol–water partition coefficient (Wildman–Crippen LogP) is 2.09. The third-order valence-electron chi connectivity index (χ3n) is 3.93. The molecule has 0 aromatic carbocycles. The average molecular weight is 276 g/mol. The maximum Gasteiger partial charge on any atom is 0.248 e. The maximum absolute atomic E-state index is 13.1. The van der Waals surface area contributed by atoms with Gasteiger partial charge in [-0.15, -0.1) is 0 Å². The summed E-state index contributed by atoms with van der Waals surface area (Å²) >= 11 is 4.95. The van der Waals surface area contributed by atoms with Gasteiger partial charge in [0.15, 0.2) is 0 Å². The number of thiocarbonyl (C=S) groups is 1. The number of nitrogens with zero attached hydrogens (tertiary/aromatic N) is 1. The Morgan fingerprint density at radius 2 is 1.89 bits per heavy atom. The largest absolute Gasteiger partial charge is 0.392 e. The molecule has 1 unspecified atom stereocenters. The first kappa shape index (κ1) is 13.6. The summed E-state index contributed by atoms with van der Waals surface area (Å²) < 4.78 is 26.1. The van der Waals surface area contributed by atoms with Crippen molar-refractivity contribution in [2.45, 2.75) is 50.5 Å². The van der Waals surface area contributed by atoms with Gasteiger partial charge in [-0.25, -0.2) is 8.78 Å². The lowest BCUT2D eigenvalue weighted by Gasteiger charge is -2.32. The molecule has 102 valence electrons. The number of rotatable bonds is 2. The second-order valence-corrected chi connectivity index (χ2v) is 5.69. The molecule has 1 aliphatic carbocycles. The van der Waals surface area contributed by atoms with E-state index in [4.69, 9.17) is 18.0 Å². The maximum atomic E-state index is 13.1. The highest BCUT2D eigenvalue weighted by atomic mass is 32.1. The topological polar surface area (TPSA) is 46.3 Å². The average Bonchev–Trinajstić information content (AvgIpc) is 2.77. The molecule has 1 atom stereocenters. The first-order chi connectivity index (χ1) is 8.41. The lowest BCUT2D eigenvalue weighted by Crippen LogP contribution is -2.46. The second-order valence-electron chi connectivity index (χ2n) is 5.22. The first-order valence-corrected chi connectivity index (χ1v) is 6.79. The van der Waals surface area contributed by atoms with Crippen molar-refractivity contribution in [2.75, 3.05) is 6.54 Å². The fourth-order valence-corrected chi connectivity index (χ4v) is 3.09. The van der Waals surface area contributed by atoms with Gasteiger partial charge in [0.05, 0.1) is 11.0 Å². The number of carbonyl (C=O) groups is 1. The SMILES string of the molecule is NC(=S)C1CCCN1C(=O)C1CCC(F)(F)CC1. The molecule has 2 N–H and O–H groups in total. The van der Waals surface area contributed by atoms with Gasteiger partial charge < -0.3 is 10.6 Å². The van der Waals surface area contributed by atoms with Crippen LogP contribution >= 0.6 is 12.2 Å². The van der Waals surface area contributed by atoms with Crippen molar-refractivity contribution < 1.29 is 13.6 Å². The Labute approximate surface area is 111 Å². The minimum absolute atomic E-state index is 0.0409. The Hall–Kier alpha value is -0.780. The molecule has 0 radical (unpaired) electrons. The molecule has 1 aliphatic heterocycles. The third-order valence-corrected chi connectivity index (χ3v) is 4.20. The van der Waals surface area contributed by atoms with Crippen molar-refractivity contribution >= 4 is 23.1 Å². The number of carbonyl (C=O) groups excluding carboxylic acids is 1. The summed E-state index contributed by atoms with van der Waals surface area (Å²) in [6.07, 6.45) is 1.85. The van der Waals surface area contributed by atoms with E-state index in [2.05, 4.69) is 0 Å². The molecular formula is C12H18F2N2OS. The fourth-order valence-electron chi connectivity index (χ4n) is 2.85. The fraction of sp³-hybridized carbons (Fsp3) is 0.833. The van der Waals surface area contributed by atoms with Crippen molar-refractivity contribution in [3.63, 3.8) is 0 Å². The molecule has 6 heteroatoms. The Morgan fingerprint density at radius 3 is 2.44 bits per heavy atom. The van der Waals surface area contributed by atoms with Crippen LogP contribution in [0.15, 0.2) is 0 Å². The Bertz CT molecular complexity index is 352. The lowest BCUT2D eigenvalue weighted by molar-refractivity contribution is -0.139. The number of alkyl halides is 2. The molecule has 1 amide bonds. The molecule has 2 rings (SSSR count). The van der Waals surface area contributed by atoms with Crippen molar-refractivity contribution in [1.82, 2.24) is 4.90 Å². The van der Waals surface area contributed by atoms with Gasteiger partial charge >= 0.3 is 0 Å². The second kappa shape index (κ2) is 5.07. The number of nitrogens with two attached hydrogens (primary N) is 1. The summed E-state index contributed by atoms with van der Waals surface area (Å²) in [6, 6.07) is -0.171. The van der Waals surface area contributed by atoms with Gasteiger partial charge in [0, 0.05) is 25.3 Å². The molecule has 2 aliphatic rings. The quantitative estimate of drug-likeness (QED) is 0.786. The highest BCUT2D eigenvalue weighted by molar-refractivity contribution is 7.80. The summed E-state index contributed by atoms with van der Waals surface area (Å²) in [5.74, 6) is -2.91. The molecular weight excluding hydrogens is 258 g/mol. The number of hydrogen-bond acceptors (Lipinski definition) is 2. The monoisotopic (exact) mass is 276 g/mol. The molecule has 1 saturated carbocycles. The van der Waals surface area contributed by atoms with Crippen LogP contribution in [0, 0.1) is 5.92 Å². The Morgan fingerprint density at radius 1 is 1.28 bits per heavy atom. The van der Waals surface area contributed by atoms with Crippen LogP contribution in [0.2, 0.25) is 0 Å². The van der Waals surface area contributed by atoms with E-state index in [1.54, 1.807) is 4.90 Å². The molecule has 3 nitrogen and oxygen atoms in total. The highest BCUT2D eigenvalue weighted by Gasteiger charge is 2.41. The summed E-state index contributed by atoms with van der Waals surface area (Å²) in [6.45, 7) is 0.647. The van der Waals surface area contributed by atoms with E-state index < -0.39 is 5.92 Å². The highest BCUT2D eigenvalue weighted by Crippen LogP contribution is 2.37. The van der Waals surface area contributed by atoms with Crippen LogP contribution in [0.1, 0.15) is 38.5 Å². The molecule has 0 bridgehead atoms. The van der Waals surface area contributed by atoms with Crippen LogP contribution in [-0.4, -0.2) is 34.3 Å². The molecule has 1 saturated heterocycles. The molecule has 0 aromatic rings. The molecule has 0 aromatic heterocycles. The summed E-state index contributed by atoms with van der Waals surface area (Å²) in [7, 11) is 0. The minimum Gasteiger partial charge on any atom is -0.392 e. The zero-order valence-corrected chi connectivity index (χ0v) is 11.0. The van der Waals surface area contributed by atoms with E-state index in [1.165, 1.54) is 0 Å². The van der Waals surface area contributed by atoms with E-state index in [-0.39, 0.29) is 43.6 Å². The first-order valence-electron chi connectivity index (χ1n) is 6.38. The van der Waals surface area contributed by atoms with E-state index in [0.29, 0.717) is 11.5 Å². The van der Waals surface area contributed by atoms with Gasteiger partial charge in [0.1, 0.15) is 0 Å². The molecule has 0 spiro atoms. The van der Waals surface area contributed by atoms with E-state index in [0.717, 1.165) is 12.8 Å². The molecule has 18 heavy (non-hydrogen) atoms. The van der Waals surface area contributed by atoms with Crippen molar-refractivity contribution in [2.24, 2.45) is 11.7 Å². The predicted molar refractivity (Wildman–Crippen MR) is 68.4 cm³/mol. The van der Waals surface area contributed by atoms with Gasteiger partial charge in [-0.1, -0.05) is 12.2 Å². The van der Waals surface area contributed by atoms with Crippen LogP contribution in [-0.2, 0) is 4.79 Å². The summed E-state index contributed by atoms with van der Waals surface area (Å²) in [5, 5.41) is 0. The van der Waals surface area contributed by atoms with Crippen LogP contribution < -0.4 is 5.73 Å². The summed E-state index contributed by atoms with van der Waals surface area (Å²) in [4.78, 5) is 14.3. The zero-order valence-electron chi connectivity index (χ0n) is 10.2. The van der Waals surface area contributed by atoms with Crippen molar-refractivity contribution in [3.8, 4) is 0 Å². The van der Waals surface area contributed by atoms with E-state index in [9.17, 15) is 13.6 Å². The molecule has 1 heterocycles. The van der Waals surface area contributed by atoms with Crippen LogP contribution in [0.25, 0.3) is 0 Å². The van der Waals surface area contributed by atoms with E-state index in [1.807, 2.05) is 0 Å². The van der Waals surface area contributed by atoms with Crippen LogP contribution in [0.3, 0.4) is 0 Å². The van der Waals surface area contributed by atoms with Gasteiger partial charge in [-0.2, -0.15) is 0 Å². The van der Waals surface area contributed by atoms with Gasteiger partial charge in [0.25, 0.3) is 0 Å². The Balaban J connectivity index is 1.97. The Kier molecular flexibility index (Phi) is 3.84. The van der Waals surface area contributed by atoms with Crippen molar-refractivity contribution in [3.05, 3.63) is 0 Å². The lowest BCUT2D eigenvalue weighted by atomic mass is 9.86. The minimum atomic E-state index is -2.59. The van der Waals surface area contributed by atoms with Crippen LogP contribution in [0.4, 0.5) is 8.78 Å². The molecule has 2 fully saturated rings. The zero-order chi connectivity index (χ0) is 13.3.